The molecule has 2 aromatic rings. The fourth-order valence-electron chi connectivity index (χ4n) is 2.51. The van der Waals surface area contributed by atoms with E-state index in [1.165, 1.54) is 0 Å². The maximum absolute atomic E-state index is 12.0. The second kappa shape index (κ2) is 5.41. The second-order valence-electron chi connectivity index (χ2n) is 5.31. The first-order valence-electron chi connectivity index (χ1n) is 6.93. The smallest absolute Gasteiger partial charge is 0.255 e. The average Bonchev–Trinajstić information content (AvgIpc) is 2.50. The highest BCUT2D eigenvalue weighted by Crippen LogP contribution is 2.29. The number of aromatic nitrogens is 3. The quantitative estimate of drug-likeness (QED) is 0.909. The summed E-state index contributed by atoms with van der Waals surface area (Å²) in [7, 11) is 0. The summed E-state index contributed by atoms with van der Waals surface area (Å²) in [4.78, 5) is 23.3. The van der Waals surface area contributed by atoms with E-state index in [4.69, 9.17) is 0 Å². The van der Waals surface area contributed by atoms with Gasteiger partial charge in [0.15, 0.2) is 5.82 Å². The van der Waals surface area contributed by atoms with Crippen LogP contribution in [0, 0.1) is 5.92 Å². The minimum absolute atomic E-state index is 0.0366. The largest absolute Gasteiger partial charge is 0.328 e. The van der Waals surface area contributed by atoms with E-state index in [1.54, 1.807) is 24.7 Å². The van der Waals surface area contributed by atoms with Crippen LogP contribution in [0.5, 0.6) is 0 Å². The first kappa shape index (κ1) is 12.8. The summed E-state index contributed by atoms with van der Waals surface area (Å²) in [6.45, 7) is 2.24. The Hall–Kier alpha value is -2.23. The molecule has 1 atom stereocenters. The molecule has 20 heavy (non-hydrogen) atoms. The number of H-pyrrole nitrogens is 1. The van der Waals surface area contributed by atoms with Gasteiger partial charge in [-0.05, 0) is 42.9 Å². The number of allylic oxidation sites excluding steroid dienone is 2. The molecule has 2 heterocycles. The van der Waals surface area contributed by atoms with E-state index in [1.807, 2.05) is 6.07 Å². The van der Waals surface area contributed by atoms with E-state index in [0.717, 1.165) is 36.0 Å². The molecule has 1 N–H and O–H groups in total. The number of hydrogen-bond donors (Lipinski definition) is 1. The lowest BCUT2D eigenvalue weighted by atomic mass is 9.88. The molecule has 0 radical (unpaired) electrons. The Bertz CT molecular complexity index is 688. The molecule has 102 valence electrons. The maximum atomic E-state index is 12.0. The summed E-state index contributed by atoms with van der Waals surface area (Å²) < 4.78 is 0. The summed E-state index contributed by atoms with van der Waals surface area (Å²) in [5, 5.41) is 0. The van der Waals surface area contributed by atoms with Crippen LogP contribution in [0.3, 0.4) is 0 Å². The number of hydrogen-bond acceptors (Lipinski definition) is 3. The van der Waals surface area contributed by atoms with Crippen molar-refractivity contribution in [1.29, 1.82) is 0 Å². The summed E-state index contributed by atoms with van der Waals surface area (Å²) in [6, 6.07) is 3.68. The average molecular weight is 267 g/mol. The van der Waals surface area contributed by atoms with Crippen LogP contribution in [0.15, 0.2) is 41.6 Å². The third-order valence-corrected chi connectivity index (χ3v) is 3.75. The molecule has 0 bridgehead atoms. The standard InChI is InChI=1S/C16H17N3O/c1-11-3-5-12(6-4-11)14-9-13(10-19-16(14)20)15-17-7-2-8-18-15/h2,5,7-11H,3-4,6H2,1H3,(H,19,20)/t11-/m1/s1. The third-order valence-electron chi connectivity index (χ3n) is 3.75. The molecule has 0 unspecified atom stereocenters. The lowest BCUT2D eigenvalue weighted by Crippen LogP contribution is -2.14. The van der Waals surface area contributed by atoms with Gasteiger partial charge in [0.1, 0.15) is 0 Å². The van der Waals surface area contributed by atoms with Gasteiger partial charge >= 0.3 is 0 Å². The fraction of sp³-hybridized carbons (Fsp3) is 0.312. The van der Waals surface area contributed by atoms with Crippen molar-refractivity contribution in [3.63, 3.8) is 0 Å². The topological polar surface area (TPSA) is 58.6 Å². The van der Waals surface area contributed by atoms with Gasteiger partial charge < -0.3 is 4.98 Å². The van der Waals surface area contributed by atoms with E-state index < -0.39 is 0 Å². The fourth-order valence-corrected chi connectivity index (χ4v) is 2.51. The predicted molar refractivity (Wildman–Crippen MR) is 79.1 cm³/mol. The Kier molecular flexibility index (Phi) is 3.46. The first-order valence-corrected chi connectivity index (χ1v) is 6.93. The van der Waals surface area contributed by atoms with Gasteiger partial charge in [0.2, 0.25) is 0 Å². The minimum Gasteiger partial charge on any atom is -0.328 e. The van der Waals surface area contributed by atoms with Gasteiger partial charge in [0, 0.05) is 29.7 Å². The molecule has 0 spiro atoms. The number of pyridine rings is 1. The molecule has 1 aliphatic carbocycles. The number of aromatic amines is 1. The van der Waals surface area contributed by atoms with Gasteiger partial charge in [0.05, 0.1) is 0 Å². The highest BCUT2D eigenvalue weighted by molar-refractivity contribution is 5.69. The Balaban J connectivity index is 2.02. The van der Waals surface area contributed by atoms with Crippen molar-refractivity contribution >= 4 is 5.57 Å². The Morgan fingerprint density at radius 3 is 2.80 bits per heavy atom. The molecule has 0 aliphatic heterocycles. The van der Waals surface area contributed by atoms with Crippen LogP contribution in [0.4, 0.5) is 0 Å². The summed E-state index contributed by atoms with van der Waals surface area (Å²) >= 11 is 0. The van der Waals surface area contributed by atoms with Gasteiger partial charge in [0.25, 0.3) is 5.56 Å². The van der Waals surface area contributed by atoms with Crippen molar-refractivity contribution in [2.75, 3.05) is 0 Å². The van der Waals surface area contributed by atoms with E-state index in [0.29, 0.717) is 11.7 Å². The van der Waals surface area contributed by atoms with E-state index in [2.05, 4.69) is 28.0 Å². The number of nitrogens with one attached hydrogen (secondary N) is 1. The second-order valence-corrected chi connectivity index (χ2v) is 5.31. The Morgan fingerprint density at radius 1 is 1.30 bits per heavy atom. The lowest BCUT2D eigenvalue weighted by molar-refractivity contribution is 0.533. The molecule has 0 aromatic carbocycles. The summed E-state index contributed by atoms with van der Waals surface area (Å²) in [5.41, 5.74) is 2.70. The monoisotopic (exact) mass is 267 g/mol. The van der Waals surface area contributed by atoms with Gasteiger partial charge in [-0.1, -0.05) is 13.0 Å². The molecule has 0 amide bonds. The van der Waals surface area contributed by atoms with Crippen LogP contribution in [0.1, 0.15) is 31.7 Å². The Morgan fingerprint density at radius 2 is 2.10 bits per heavy atom. The van der Waals surface area contributed by atoms with Crippen LogP contribution in [0.2, 0.25) is 0 Å². The first-order chi connectivity index (χ1) is 9.74. The third kappa shape index (κ3) is 2.54. The highest BCUT2D eigenvalue weighted by atomic mass is 16.1. The van der Waals surface area contributed by atoms with Gasteiger partial charge in [-0.25, -0.2) is 9.97 Å². The Labute approximate surface area is 117 Å². The van der Waals surface area contributed by atoms with Gasteiger partial charge in [-0.2, -0.15) is 0 Å². The van der Waals surface area contributed by atoms with Gasteiger partial charge in [-0.3, -0.25) is 4.79 Å². The van der Waals surface area contributed by atoms with Crippen LogP contribution >= 0.6 is 0 Å². The van der Waals surface area contributed by atoms with Crippen LogP contribution < -0.4 is 5.56 Å². The molecule has 0 saturated heterocycles. The van der Waals surface area contributed by atoms with E-state index in [-0.39, 0.29) is 5.56 Å². The molecule has 0 fully saturated rings. The summed E-state index contributed by atoms with van der Waals surface area (Å²) in [5.74, 6) is 1.34. The molecular weight excluding hydrogens is 250 g/mol. The van der Waals surface area contributed by atoms with Crippen LogP contribution in [-0.4, -0.2) is 15.0 Å². The molecule has 4 nitrogen and oxygen atoms in total. The van der Waals surface area contributed by atoms with Crippen molar-refractivity contribution in [1.82, 2.24) is 15.0 Å². The zero-order valence-corrected chi connectivity index (χ0v) is 11.5. The van der Waals surface area contributed by atoms with Crippen LogP contribution in [0.25, 0.3) is 17.0 Å². The maximum Gasteiger partial charge on any atom is 0.255 e. The molecule has 3 rings (SSSR count). The molecule has 4 heteroatoms. The lowest BCUT2D eigenvalue weighted by Gasteiger charge is -2.18. The molecular formula is C16H17N3O. The zero-order valence-electron chi connectivity index (χ0n) is 11.5. The molecule has 2 aromatic heterocycles. The van der Waals surface area contributed by atoms with Crippen molar-refractivity contribution in [2.45, 2.75) is 26.2 Å². The predicted octanol–water partition coefficient (Wildman–Crippen LogP) is 3.04. The summed E-state index contributed by atoms with van der Waals surface area (Å²) in [6.07, 6.45) is 10.4. The van der Waals surface area contributed by atoms with Gasteiger partial charge in [-0.15, -0.1) is 0 Å². The van der Waals surface area contributed by atoms with Crippen molar-refractivity contribution in [3.05, 3.63) is 52.7 Å². The number of rotatable bonds is 2. The normalized spacial score (nSPS) is 18.6. The number of nitrogens with zero attached hydrogens (tertiary/aromatic N) is 2. The van der Waals surface area contributed by atoms with E-state index in [9.17, 15) is 4.79 Å². The van der Waals surface area contributed by atoms with Crippen LogP contribution in [-0.2, 0) is 0 Å². The van der Waals surface area contributed by atoms with E-state index >= 15 is 0 Å². The highest BCUT2D eigenvalue weighted by Gasteiger charge is 2.15. The molecule has 0 saturated carbocycles. The van der Waals surface area contributed by atoms with Crippen molar-refractivity contribution in [2.24, 2.45) is 5.92 Å². The zero-order chi connectivity index (χ0) is 13.9. The van der Waals surface area contributed by atoms with Crippen molar-refractivity contribution in [3.8, 4) is 11.4 Å². The SMILES string of the molecule is C[C@@H]1CC=C(c2cc(-c3ncccn3)c[nH]c2=O)CC1. The van der Waals surface area contributed by atoms with Crippen molar-refractivity contribution < 1.29 is 0 Å². The minimum atomic E-state index is -0.0366. The molecule has 1 aliphatic rings.